The molecule has 0 spiro atoms. The van der Waals surface area contributed by atoms with Crippen molar-refractivity contribution in [3.05, 3.63) is 34.3 Å². The fourth-order valence-electron chi connectivity index (χ4n) is 2.77. The molecule has 5 nitrogen and oxygen atoms in total. The Kier molecular flexibility index (Phi) is 6.59. The minimum Gasteiger partial charge on any atom is -0.330 e. The van der Waals surface area contributed by atoms with E-state index < -0.39 is 0 Å². The number of carbonyl (C=O) groups excluding carboxylic acids is 1. The first-order chi connectivity index (χ1) is 11.0. The lowest BCUT2D eigenvalue weighted by atomic mass is 10.1. The summed E-state index contributed by atoms with van der Waals surface area (Å²) < 4.78 is 1.05. The Morgan fingerprint density at radius 3 is 2.61 bits per heavy atom. The van der Waals surface area contributed by atoms with Crippen LogP contribution in [0.25, 0.3) is 0 Å². The summed E-state index contributed by atoms with van der Waals surface area (Å²) in [6.07, 6.45) is 2.72. The molecule has 0 radical (unpaired) electrons. The molecule has 0 saturated carbocycles. The highest BCUT2D eigenvalue weighted by molar-refractivity contribution is 9.10. The van der Waals surface area contributed by atoms with Crippen molar-refractivity contribution in [3.8, 4) is 0 Å². The summed E-state index contributed by atoms with van der Waals surface area (Å²) in [5.41, 5.74) is 6.67. The zero-order valence-electron chi connectivity index (χ0n) is 13.8. The summed E-state index contributed by atoms with van der Waals surface area (Å²) in [7, 11) is 0. The molecule has 1 saturated heterocycles. The number of hydrogen-bond acceptors (Lipinski definition) is 3. The molecule has 1 aliphatic rings. The van der Waals surface area contributed by atoms with Crippen LogP contribution in [0.2, 0.25) is 0 Å². The Hall–Kier alpha value is -1.40. The van der Waals surface area contributed by atoms with Gasteiger partial charge in [-0.15, -0.1) is 0 Å². The number of guanidine groups is 1. The van der Waals surface area contributed by atoms with Crippen LogP contribution in [-0.4, -0.2) is 35.4 Å². The quantitative estimate of drug-likeness (QED) is 0.714. The topological polar surface area (TPSA) is 70.7 Å². The molecule has 1 aromatic rings. The summed E-state index contributed by atoms with van der Waals surface area (Å²) in [5, 5.41) is 2.94. The van der Waals surface area contributed by atoms with Crippen molar-refractivity contribution in [2.24, 2.45) is 10.7 Å². The lowest BCUT2D eigenvalue weighted by molar-refractivity contribution is -0.121. The van der Waals surface area contributed by atoms with Crippen molar-refractivity contribution in [2.45, 2.75) is 51.7 Å². The molecule has 0 aliphatic carbocycles. The first kappa shape index (κ1) is 17.9. The van der Waals surface area contributed by atoms with Crippen LogP contribution in [0.4, 0.5) is 0 Å². The number of benzene rings is 1. The second kappa shape index (κ2) is 8.45. The molecule has 1 atom stereocenters. The molecule has 1 amide bonds. The van der Waals surface area contributed by atoms with Crippen molar-refractivity contribution >= 4 is 27.8 Å². The number of amides is 1. The maximum absolute atomic E-state index is 12.3. The SMILES string of the molecule is CC(C)N1C(=NCc2ccc(Br)cc2)NC(=O)[C@@H]1CCCCN. The molecule has 126 valence electrons. The molecule has 1 heterocycles. The van der Waals surface area contributed by atoms with Gasteiger partial charge in [-0.3, -0.25) is 10.1 Å². The number of nitrogens with zero attached hydrogens (tertiary/aromatic N) is 2. The van der Waals surface area contributed by atoms with E-state index in [9.17, 15) is 4.79 Å². The van der Waals surface area contributed by atoms with Gasteiger partial charge in [0.1, 0.15) is 6.04 Å². The first-order valence-electron chi connectivity index (χ1n) is 8.11. The van der Waals surface area contributed by atoms with E-state index in [1.807, 2.05) is 24.3 Å². The van der Waals surface area contributed by atoms with Gasteiger partial charge >= 0.3 is 0 Å². The van der Waals surface area contributed by atoms with Gasteiger partial charge in [-0.1, -0.05) is 28.1 Å². The molecule has 0 aromatic heterocycles. The van der Waals surface area contributed by atoms with E-state index >= 15 is 0 Å². The van der Waals surface area contributed by atoms with Crippen LogP contribution in [0, 0.1) is 0 Å². The Labute approximate surface area is 146 Å². The highest BCUT2D eigenvalue weighted by atomic mass is 79.9. The molecule has 3 N–H and O–H groups in total. The van der Waals surface area contributed by atoms with E-state index in [0.717, 1.165) is 29.3 Å². The highest BCUT2D eigenvalue weighted by Crippen LogP contribution is 2.19. The molecule has 0 bridgehead atoms. The molecular formula is C17H25BrN4O. The number of aliphatic imine (C=N–C) groups is 1. The summed E-state index contributed by atoms with van der Waals surface area (Å²) in [4.78, 5) is 19.0. The molecule has 1 fully saturated rings. The van der Waals surface area contributed by atoms with Gasteiger partial charge in [-0.2, -0.15) is 0 Å². The van der Waals surface area contributed by atoms with Crippen LogP contribution < -0.4 is 11.1 Å². The number of halogens is 1. The summed E-state index contributed by atoms with van der Waals surface area (Å²) in [5.74, 6) is 0.732. The van der Waals surface area contributed by atoms with Gasteiger partial charge < -0.3 is 10.6 Å². The van der Waals surface area contributed by atoms with E-state index in [2.05, 4.69) is 45.0 Å². The fraction of sp³-hybridized carbons (Fsp3) is 0.529. The Balaban J connectivity index is 2.08. The molecule has 2 rings (SSSR count). The van der Waals surface area contributed by atoms with E-state index in [1.54, 1.807) is 0 Å². The number of unbranched alkanes of at least 4 members (excludes halogenated alkanes) is 1. The van der Waals surface area contributed by atoms with Crippen molar-refractivity contribution in [1.29, 1.82) is 0 Å². The number of nitrogens with two attached hydrogens (primary N) is 1. The standard InChI is InChI=1S/C17H25BrN4O/c1-12(2)22-15(5-3-4-10-19)16(23)21-17(22)20-11-13-6-8-14(18)9-7-13/h6-9,12,15H,3-5,10-11,19H2,1-2H3,(H,20,21,23)/t15-/m0/s1. The van der Waals surface area contributed by atoms with Crippen molar-refractivity contribution in [2.75, 3.05) is 6.54 Å². The second-order valence-corrected chi connectivity index (χ2v) is 6.97. The van der Waals surface area contributed by atoms with Crippen LogP contribution >= 0.6 is 15.9 Å². The van der Waals surface area contributed by atoms with Crippen LogP contribution in [0.5, 0.6) is 0 Å². The predicted octanol–water partition coefficient (Wildman–Crippen LogP) is 2.64. The number of rotatable bonds is 7. The Bertz CT molecular complexity index is 556. The molecule has 6 heteroatoms. The van der Waals surface area contributed by atoms with Crippen LogP contribution in [0.15, 0.2) is 33.7 Å². The van der Waals surface area contributed by atoms with Crippen molar-refractivity contribution in [3.63, 3.8) is 0 Å². The smallest absolute Gasteiger partial charge is 0.249 e. The number of carbonyl (C=O) groups is 1. The van der Waals surface area contributed by atoms with Gasteiger partial charge in [0.05, 0.1) is 6.54 Å². The maximum Gasteiger partial charge on any atom is 0.249 e. The van der Waals surface area contributed by atoms with E-state index in [1.165, 1.54) is 0 Å². The lowest BCUT2D eigenvalue weighted by Crippen LogP contribution is -2.41. The maximum atomic E-state index is 12.3. The van der Waals surface area contributed by atoms with Crippen LogP contribution in [0.1, 0.15) is 38.7 Å². The minimum atomic E-state index is -0.134. The molecule has 0 unspecified atom stereocenters. The fourth-order valence-corrected chi connectivity index (χ4v) is 3.03. The average Bonchev–Trinajstić information content (AvgIpc) is 2.83. The number of hydrogen-bond donors (Lipinski definition) is 2. The third-order valence-electron chi connectivity index (χ3n) is 3.93. The van der Waals surface area contributed by atoms with Crippen molar-refractivity contribution in [1.82, 2.24) is 10.2 Å². The molecule has 1 aromatic carbocycles. The van der Waals surface area contributed by atoms with E-state index in [-0.39, 0.29) is 18.0 Å². The monoisotopic (exact) mass is 380 g/mol. The van der Waals surface area contributed by atoms with E-state index in [0.29, 0.717) is 19.0 Å². The van der Waals surface area contributed by atoms with Gasteiger partial charge in [-0.05, 0) is 57.4 Å². The summed E-state index contributed by atoms with van der Waals surface area (Å²) in [6.45, 7) is 5.40. The molecule has 23 heavy (non-hydrogen) atoms. The van der Waals surface area contributed by atoms with Crippen molar-refractivity contribution < 1.29 is 4.79 Å². The predicted molar refractivity (Wildman–Crippen MR) is 97.1 cm³/mol. The largest absolute Gasteiger partial charge is 0.330 e. The molecule has 1 aliphatic heterocycles. The third-order valence-corrected chi connectivity index (χ3v) is 4.46. The van der Waals surface area contributed by atoms with E-state index in [4.69, 9.17) is 5.73 Å². The zero-order valence-corrected chi connectivity index (χ0v) is 15.3. The lowest BCUT2D eigenvalue weighted by Gasteiger charge is -2.28. The minimum absolute atomic E-state index is 0.0466. The Morgan fingerprint density at radius 2 is 2.00 bits per heavy atom. The average molecular weight is 381 g/mol. The van der Waals surface area contributed by atoms with Crippen LogP contribution in [-0.2, 0) is 11.3 Å². The molecular weight excluding hydrogens is 356 g/mol. The van der Waals surface area contributed by atoms with Gasteiger partial charge in [0.15, 0.2) is 0 Å². The van der Waals surface area contributed by atoms with Gasteiger partial charge in [0.2, 0.25) is 11.9 Å². The summed E-state index contributed by atoms with van der Waals surface area (Å²) in [6, 6.07) is 8.15. The van der Waals surface area contributed by atoms with Gasteiger partial charge in [-0.25, -0.2) is 4.99 Å². The summed E-state index contributed by atoms with van der Waals surface area (Å²) >= 11 is 3.43. The van der Waals surface area contributed by atoms with Gasteiger partial charge in [0, 0.05) is 10.5 Å². The second-order valence-electron chi connectivity index (χ2n) is 6.06. The first-order valence-corrected chi connectivity index (χ1v) is 8.90. The highest BCUT2D eigenvalue weighted by Gasteiger charge is 2.37. The normalized spacial score (nSPS) is 19.7. The Morgan fingerprint density at radius 1 is 1.30 bits per heavy atom. The third kappa shape index (κ3) is 4.78. The van der Waals surface area contributed by atoms with Crippen LogP contribution in [0.3, 0.4) is 0 Å². The van der Waals surface area contributed by atoms with Gasteiger partial charge in [0.25, 0.3) is 0 Å². The zero-order chi connectivity index (χ0) is 16.8. The number of nitrogens with one attached hydrogen (secondary N) is 1.